The van der Waals surface area contributed by atoms with Crippen molar-refractivity contribution in [2.45, 2.75) is 32.1 Å². The molecule has 0 aliphatic carbocycles. The summed E-state index contributed by atoms with van der Waals surface area (Å²) < 4.78 is 0. The van der Waals surface area contributed by atoms with E-state index in [0.717, 1.165) is 6.08 Å². The number of carbonyl (C=O) groups excluding carboxylic acids is 3. The largest absolute Gasteiger partial charge is 0.396 e. The van der Waals surface area contributed by atoms with E-state index in [9.17, 15) is 14.4 Å². The Kier molecular flexibility index (Phi) is 13.7. The second-order valence-electron chi connectivity index (χ2n) is 7.84. The number of aliphatic hydroxyl groups excluding tert-OH is 4. The van der Waals surface area contributed by atoms with Crippen LogP contribution in [0.3, 0.4) is 0 Å². The van der Waals surface area contributed by atoms with Gasteiger partial charge in [0.05, 0.1) is 33.2 Å². The summed E-state index contributed by atoms with van der Waals surface area (Å²) in [5, 5.41) is 36.5. The van der Waals surface area contributed by atoms with Crippen molar-refractivity contribution in [3.63, 3.8) is 0 Å². The normalized spacial score (nSPS) is 14.4. The maximum Gasteiger partial charge on any atom is 0.248 e. The standard InChI is InChI=1S/C21H38N4O7/c1-2-19(30)23-15-24(20(31)4-3-18(6-11-26)7-12-27)17-25(16-23)21(32)5-8-22(9-13-28)10-14-29/h2,18,26-29H,1,3-17H2. The van der Waals surface area contributed by atoms with Crippen LogP contribution < -0.4 is 0 Å². The van der Waals surface area contributed by atoms with Crippen LogP contribution in [0, 0.1) is 5.92 Å². The molecule has 0 bridgehead atoms. The quantitative estimate of drug-likeness (QED) is 0.214. The van der Waals surface area contributed by atoms with E-state index in [4.69, 9.17) is 20.4 Å². The number of aliphatic hydroxyl groups is 4. The van der Waals surface area contributed by atoms with Crippen LogP contribution in [0.4, 0.5) is 0 Å². The van der Waals surface area contributed by atoms with E-state index < -0.39 is 0 Å². The van der Waals surface area contributed by atoms with E-state index >= 15 is 0 Å². The van der Waals surface area contributed by atoms with E-state index in [-0.39, 0.29) is 82.9 Å². The lowest BCUT2D eigenvalue weighted by atomic mass is 9.96. The molecule has 1 fully saturated rings. The third-order valence-electron chi connectivity index (χ3n) is 5.53. The van der Waals surface area contributed by atoms with E-state index in [1.165, 1.54) is 14.7 Å². The number of hydrogen-bond donors (Lipinski definition) is 4. The zero-order chi connectivity index (χ0) is 23.9. The highest BCUT2D eigenvalue weighted by Gasteiger charge is 2.31. The lowest BCUT2D eigenvalue weighted by molar-refractivity contribution is -0.157. The van der Waals surface area contributed by atoms with Gasteiger partial charge >= 0.3 is 0 Å². The first-order valence-electron chi connectivity index (χ1n) is 11.0. The first-order chi connectivity index (χ1) is 15.4. The van der Waals surface area contributed by atoms with Crippen LogP contribution in [-0.4, -0.2) is 124 Å². The molecule has 0 aromatic rings. The van der Waals surface area contributed by atoms with Gasteiger partial charge in [-0.3, -0.25) is 19.3 Å². The van der Waals surface area contributed by atoms with Gasteiger partial charge in [-0.25, -0.2) is 0 Å². The smallest absolute Gasteiger partial charge is 0.248 e. The molecule has 1 aliphatic heterocycles. The van der Waals surface area contributed by atoms with Crippen LogP contribution in [-0.2, 0) is 14.4 Å². The highest BCUT2D eigenvalue weighted by molar-refractivity contribution is 5.88. The Hall–Kier alpha value is -2.05. The van der Waals surface area contributed by atoms with Gasteiger partial charge in [0.15, 0.2) is 0 Å². The van der Waals surface area contributed by atoms with E-state index in [1.807, 2.05) is 0 Å². The number of rotatable bonds is 15. The summed E-state index contributed by atoms with van der Waals surface area (Å²) in [6, 6.07) is 0. The molecule has 1 saturated heterocycles. The fourth-order valence-electron chi connectivity index (χ4n) is 3.65. The molecule has 0 saturated carbocycles. The van der Waals surface area contributed by atoms with Gasteiger partial charge in [-0.15, -0.1) is 0 Å². The van der Waals surface area contributed by atoms with Gasteiger partial charge in [0, 0.05) is 45.7 Å². The Bertz CT molecular complexity index is 553. The van der Waals surface area contributed by atoms with Crippen molar-refractivity contribution in [1.82, 2.24) is 19.6 Å². The lowest BCUT2D eigenvalue weighted by Gasteiger charge is -2.42. The summed E-state index contributed by atoms with van der Waals surface area (Å²) in [5.41, 5.74) is 0. The zero-order valence-corrected chi connectivity index (χ0v) is 18.8. The number of hydrogen-bond acceptors (Lipinski definition) is 8. The van der Waals surface area contributed by atoms with Crippen molar-refractivity contribution >= 4 is 17.7 Å². The van der Waals surface area contributed by atoms with E-state index in [0.29, 0.717) is 38.9 Å². The molecule has 0 radical (unpaired) electrons. The van der Waals surface area contributed by atoms with Crippen LogP contribution in [0.5, 0.6) is 0 Å². The molecule has 0 aromatic carbocycles. The Balaban J connectivity index is 2.77. The van der Waals surface area contributed by atoms with Crippen LogP contribution in [0.25, 0.3) is 0 Å². The molecule has 0 spiro atoms. The monoisotopic (exact) mass is 458 g/mol. The lowest BCUT2D eigenvalue weighted by Crippen LogP contribution is -2.59. The summed E-state index contributed by atoms with van der Waals surface area (Å²) in [7, 11) is 0. The van der Waals surface area contributed by atoms with Gasteiger partial charge in [-0.05, 0) is 31.3 Å². The fourth-order valence-corrected chi connectivity index (χ4v) is 3.65. The molecule has 0 atom stereocenters. The molecule has 11 heteroatoms. The highest BCUT2D eigenvalue weighted by atomic mass is 16.3. The van der Waals surface area contributed by atoms with Gasteiger partial charge in [0.1, 0.15) is 0 Å². The van der Waals surface area contributed by atoms with Crippen molar-refractivity contribution < 1.29 is 34.8 Å². The van der Waals surface area contributed by atoms with Crippen LogP contribution >= 0.6 is 0 Å². The van der Waals surface area contributed by atoms with Gasteiger partial charge in [0.2, 0.25) is 17.7 Å². The maximum absolute atomic E-state index is 12.8. The summed E-state index contributed by atoms with van der Waals surface area (Å²) in [4.78, 5) is 43.8. The molecule has 3 amide bonds. The SMILES string of the molecule is C=CC(=O)N1CN(C(=O)CCC(CCO)CCO)CN(C(=O)CCN(CCO)CCO)C1. The minimum Gasteiger partial charge on any atom is -0.396 e. The van der Waals surface area contributed by atoms with Crippen LogP contribution in [0.1, 0.15) is 32.1 Å². The molecular formula is C21H38N4O7. The molecule has 184 valence electrons. The Morgan fingerprint density at radius 2 is 1.25 bits per heavy atom. The number of nitrogens with zero attached hydrogens (tertiary/aromatic N) is 4. The third-order valence-corrected chi connectivity index (χ3v) is 5.53. The Morgan fingerprint density at radius 3 is 1.72 bits per heavy atom. The van der Waals surface area contributed by atoms with E-state index in [1.54, 1.807) is 4.90 Å². The first-order valence-corrected chi connectivity index (χ1v) is 11.0. The number of carbonyl (C=O) groups is 3. The van der Waals surface area contributed by atoms with Crippen molar-refractivity contribution in [3.8, 4) is 0 Å². The summed E-state index contributed by atoms with van der Waals surface area (Å²) in [5.74, 6) is -0.830. The molecule has 4 N–H and O–H groups in total. The summed E-state index contributed by atoms with van der Waals surface area (Å²) in [6.07, 6.45) is 2.93. The second-order valence-corrected chi connectivity index (χ2v) is 7.84. The van der Waals surface area contributed by atoms with Crippen LogP contribution in [0.15, 0.2) is 12.7 Å². The second kappa shape index (κ2) is 15.7. The maximum atomic E-state index is 12.8. The minimum absolute atomic E-state index is 0.0178. The predicted molar refractivity (Wildman–Crippen MR) is 117 cm³/mol. The molecule has 1 aliphatic rings. The van der Waals surface area contributed by atoms with E-state index in [2.05, 4.69) is 6.58 Å². The van der Waals surface area contributed by atoms with Gasteiger partial charge < -0.3 is 35.1 Å². The van der Waals surface area contributed by atoms with Crippen molar-refractivity contribution in [2.75, 3.05) is 66.1 Å². The predicted octanol–water partition coefficient (Wildman–Crippen LogP) is -1.62. The van der Waals surface area contributed by atoms with Gasteiger partial charge in [-0.2, -0.15) is 0 Å². The fraction of sp³-hybridized carbons (Fsp3) is 0.762. The topological polar surface area (TPSA) is 145 Å². The molecule has 32 heavy (non-hydrogen) atoms. The van der Waals surface area contributed by atoms with Gasteiger partial charge in [0.25, 0.3) is 0 Å². The average molecular weight is 459 g/mol. The highest BCUT2D eigenvalue weighted by Crippen LogP contribution is 2.18. The zero-order valence-electron chi connectivity index (χ0n) is 18.8. The molecule has 11 nitrogen and oxygen atoms in total. The minimum atomic E-state index is -0.388. The Morgan fingerprint density at radius 1 is 0.750 bits per heavy atom. The molecule has 1 heterocycles. The number of amides is 3. The van der Waals surface area contributed by atoms with Crippen molar-refractivity contribution in [2.24, 2.45) is 5.92 Å². The first kappa shape index (κ1) is 28.0. The molecular weight excluding hydrogens is 420 g/mol. The molecule has 1 rings (SSSR count). The summed E-state index contributed by atoms with van der Waals surface area (Å²) >= 11 is 0. The van der Waals surface area contributed by atoms with Crippen molar-refractivity contribution in [3.05, 3.63) is 12.7 Å². The Labute approximate surface area is 189 Å². The third kappa shape index (κ3) is 9.61. The molecule has 0 aromatic heterocycles. The average Bonchev–Trinajstić information content (AvgIpc) is 2.80. The summed E-state index contributed by atoms with van der Waals surface area (Å²) in [6.45, 7) is 4.43. The molecule has 0 unspecified atom stereocenters. The van der Waals surface area contributed by atoms with Crippen molar-refractivity contribution in [1.29, 1.82) is 0 Å². The van der Waals surface area contributed by atoms with Crippen LogP contribution in [0.2, 0.25) is 0 Å². The van der Waals surface area contributed by atoms with Gasteiger partial charge in [-0.1, -0.05) is 6.58 Å².